The molecule has 4 rings (SSSR count). The summed E-state index contributed by atoms with van der Waals surface area (Å²) < 4.78 is 1.77. The lowest BCUT2D eigenvalue weighted by Crippen LogP contribution is -2.10. The number of benzene rings is 2. The number of hydrogen-bond donors (Lipinski definition) is 1. The number of hydrogen-bond acceptors (Lipinski definition) is 4. The van der Waals surface area contributed by atoms with E-state index >= 15 is 0 Å². The van der Waals surface area contributed by atoms with Crippen LogP contribution in [-0.4, -0.2) is 26.1 Å². The molecule has 1 N–H and O–H groups in total. The monoisotopic (exact) mass is 377 g/mol. The molecule has 0 saturated heterocycles. The minimum Gasteiger partial charge on any atom is -0.370 e. The van der Waals surface area contributed by atoms with Gasteiger partial charge in [-0.2, -0.15) is 9.50 Å². The fraction of sp³-hybridized carbons (Fsp3) is 0.190. The topological polar surface area (TPSA) is 55.1 Å². The minimum atomic E-state index is 0.598. The smallest absolute Gasteiger partial charge is 0.254 e. The Hall–Kier alpha value is -2.92. The summed E-state index contributed by atoms with van der Waals surface area (Å²) in [5.41, 5.74) is 4.30. The van der Waals surface area contributed by atoms with Crippen molar-refractivity contribution in [3.05, 3.63) is 76.4 Å². The number of rotatable bonds is 5. The van der Waals surface area contributed by atoms with Gasteiger partial charge in [-0.3, -0.25) is 0 Å². The average Bonchev–Trinajstić information content (AvgIpc) is 3.07. The normalized spacial score (nSPS) is 11.1. The van der Waals surface area contributed by atoms with Crippen molar-refractivity contribution in [2.45, 2.75) is 20.3 Å². The Bertz CT molecular complexity index is 1090. The highest BCUT2D eigenvalue weighted by molar-refractivity contribution is 6.30. The van der Waals surface area contributed by atoms with E-state index < -0.39 is 0 Å². The van der Waals surface area contributed by atoms with E-state index in [1.807, 2.05) is 49.4 Å². The second-order valence-corrected chi connectivity index (χ2v) is 7.04. The predicted octanol–water partition coefficient (Wildman–Crippen LogP) is 4.72. The second-order valence-electron chi connectivity index (χ2n) is 6.60. The number of nitrogens with one attached hydrogen (secondary N) is 1. The number of halogens is 1. The van der Waals surface area contributed by atoms with Crippen LogP contribution >= 0.6 is 11.6 Å². The molecule has 5 nitrogen and oxygen atoms in total. The van der Waals surface area contributed by atoms with Crippen LogP contribution in [0.1, 0.15) is 16.8 Å². The predicted molar refractivity (Wildman–Crippen MR) is 109 cm³/mol. The van der Waals surface area contributed by atoms with Crippen LogP contribution < -0.4 is 5.32 Å². The molecule has 0 aliphatic rings. The van der Waals surface area contributed by atoms with E-state index in [0.717, 1.165) is 35.1 Å². The minimum absolute atomic E-state index is 0.598. The summed E-state index contributed by atoms with van der Waals surface area (Å²) >= 11 is 5.95. The summed E-state index contributed by atoms with van der Waals surface area (Å²) in [6, 6.07) is 18.1. The zero-order valence-electron chi connectivity index (χ0n) is 15.3. The van der Waals surface area contributed by atoms with Crippen LogP contribution in [0.4, 0.5) is 5.82 Å². The SMILES string of the molecule is Cc1cccc(-c2nc3nc(C)cc(NCCc4ccc(Cl)cc4)n3n2)c1. The van der Waals surface area contributed by atoms with Gasteiger partial charge in [-0.1, -0.05) is 47.5 Å². The Morgan fingerprint density at radius 3 is 2.59 bits per heavy atom. The molecule has 6 heteroatoms. The van der Waals surface area contributed by atoms with Crippen LogP contribution in [0.15, 0.2) is 54.6 Å². The highest BCUT2D eigenvalue weighted by Crippen LogP contribution is 2.20. The van der Waals surface area contributed by atoms with Gasteiger partial charge in [-0.15, -0.1) is 5.10 Å². The maximum Gasteiger partial charge on any atom is 0.254 e. The van der Waals surface area contributed by atoms with Crippen LogP contribution in [-0.2, 0) is 6.42 Å². The van der Waals surface area contributed by atoms with Crippen molar-refractivity contribution >= 4 is 23.2 Å². The van der Waals surface area contributed by atoms with Gasteiger partial charge in [0.2, 0.25) is 0 Å². The van der Waals surface area contributed by atoms with Gasteiger partial charge < -0.3 is 5.32 Å². The molecule has 2 aromatic heterocycles. The molecule has 0 aliphatic carbocycles. The van der Waals surface area contributed by atoms with Gasteiger partial charge in [-0.05, 0) is 44.0 Å². The van der Waals surface area contributed by atoms with E-state index in [9.17, 15) is 0 Å². The van der Waals surface area contributed by atoms with E-state index in [-0.39, 0.29) is 0 Å². The van der Waals surface area contributed by atoms with Crippen molar-refractivity contribution in [3.8, 4) is 11.4 Å². The van der Waals surface area contributed by atoms with Crippen molar-refractivity contribution in [3.63, 3.8) is 0 Å². The van der Waals surface area contributed by atoms with Gasteiger partial charge in [0, 0.05) is 28.9 Å². The molecule has 136 valence electrons. The fourth-order valence-electron chi connectivity index (χ4n) is 3.01. The first-order valence-corrected chi connectivity index (χ1v) is 9.26. The Labute approximate surface area is 163 Å². The number of nitrogens with zero attached hydrogens (tertiary/aromatic N) is 4. The van der Waals surface area contributed by atoms with Crippen LogP contribution in [0.5, 0.6) is 0 Å². The summed E-state index contributed by atoms with van der Waals surface area (Å²) in [5, 5.41) is 8.87. The molecule has 0 radical (unpaired) electrons. The number of anilines is 1. The van der Waals surface area contributed by atoms with E-state index in [0.29, 0.717) is 11.6 Å². The average molecular weight is 378 g/mol. The zero-order valence-corrected chi connectivity index (χ0v) is 16.0. The van der Waals surface area contributed by atoms with Crippen molar-refractivity contribution < 1.29 is 0 Å². The van der Waals surface area contributed by atoms with Crippen molar-refractivity contribution in [1.29, 1.82) is 0 Å². The Kier molecular flexibility index (Phi) is 4.77. The Morgan fingerprint density at radius 2 is 1.81 bits per heavy atom. The molecule has 0 bridgehead atoms. The molecule has 0 amide bonds. The van der Waals surface area contributed by atoms with Gasteiger partial charge in [0.25, 0.3) is 5.78 Å². The van der Waals surface area contributed by atoms with Crippen LogP contribution in [0.2, 0.25) is 5.02 Å². The zero-order chi connectivity index (χ0) is 18.8. The summed E-state index contributed by atoms with van der Waals surface area (Å²) in [4.78, 5) is 9.12. The summed E-state index contributed by atoms with van der Waals surface area (Å²) in [6.45, 7) is 4.80. The maximum absolute atomic E-state index is 5.95. The maximum atomic E-state index is 5.95. The highest BCUT2D eigenvalue weighted by Gasteiger charge is 2.11. The molecule has 0 aliphatic heterocycles. The van der Waals surface area contributed by atoms with Crippen LogP contribution in [0, 0.1) is 13.8 Å². The Balaban J connectivity index is 1.59. The first-order valence-electron chi connectivity index (χ1n) is 8.88. The number of aromatic nitrogens is 4. The van der Waals surface area contributed by atoms with Gasteiger partial charge in [0.1, 0.15) is 5.82 Å². The first-order chi connectivity index (χ1) is 13.1. The largest absolute Gasteiger partial charge is 0.370 e. The number of aryl methyl sites for hydroxylation is 2. The molecular formula is C21H20ClN5. The lowest BCUT2D eigenvalue weighted by Gasteiger charge is -2.08. The highest BCUT2D eigenvalue weighted by atomic mass is 35.5. The third-order valence-electron chi connectivity index (χ3n) is 4.35. The third kappa shape index (κ3) is 3.93. The first kappa shape index (κ1) is 17.5. The lowest BCUT2D eigenvalue weighted by atomic mass is 10.1. The molecule has 27 heavy (non-hydrogen) atoms. The molecule has 0 unspecified atom stereocenters. The van der Waals surface area contributed by atoms with Gasteiger partial charge in [-0.25, -0.2) is 4.98 Å². The van der Waals surface area contributed by atoms with Gasteiger partial charge >= 0.3 is 0 Å². The fourth-order valence-corrected chi connectivity index (χ4v) is 3.13. The van der Waals surface area contributed by atoms with E-state index in [2.05, 4.69) is 39.4 Å². The molecule has 2 aromatic carbocycles. The van der Waals surface area contributed by atoms with E-state index in [1.165, 1.54) is 11.1 Å². The second kappa shape index (κ2) is 7.37. The van der Waals surface area contributed by atoms with Crippen molar-refractivity contribution in [2.75, 3.05) is 11.9 Å². The molecule has 0 saturated carbocycles. The van der Waals surface area contributed by atoms with Crippen LogP contribution in [0.25, 0.3) is 17.2 Å². The quantitative estimate of drug-likeness (QED) is 0.547. The molecule has 0 atom stereocenters. The third-order valence-corrected chi connectivity index (χ3v) is 4.60. The van der Waals surface area contributed by atoms with E-state index in [1.54, 1.807) is 4.52 Å². The van der Waals surface area contributed by atoms with Crippen molar-refractivity contribution in [1.82, 2.24) is 19.6 Å². The molecule has 0 fully saturated rings. The molecule has 2 heterocycles. The molecular weight excluding hydrogens is 358 g/mol. The summed E-state index contributed by atoms with van der Waals surface area (Å²) in [6.07, 6.45) is 0.888. The number of fused-ring (bicyclic) bond motifs is 1. The summed E-state index contributed by atoms with van der Waals surface area (Å²) in [7, 11) is 0. The Morgan fingerprint density at radius 1 is 1.00 bits per heavy atom. The molecule has 0 spiro atoms. The van der Waals surface area contributed by atoms with Crippen LogP contribution in [0.3, 0.4) is 0 Å². The molecule has 4 aromatic rings. The van der Waals surface area contributed by atoms with Crippen molar-refractivity contribution in [2.24, 2.45) is 0 Å². The lowest BCUT2D eigenvalue weighted by molar-refractivity contribution is 0.908. The summed E-state index contributed by atoms with van der Waals surface area (Å²) in [5.74, 6) is 2.16. The van der Waals surface area contributed by atoms with Gasteiger partial charge in [0.05, 0.1) is 0 Å². The van der Waals surface area contributed by atoms with E-state index in [4.69, 9.17) is 11.6 Å². The standard InChI is InChI=1S/C21H20ClN5/c1-14-4-3-5-17(12-14)20-25-21-24-15(2)13-19(27(21)26-20)23-11-10-16-6-8-18(22)9-7-16/h3-9,12-13,23H,10-11H2,1-2H3. The van der Waals surface area contributed by atoms with Gasteiger partial charge in [0.15, 0.2) is 5.82 Å².